The van der Waals surface area contributed by atoms with Crippen molar-refractivity contribution in [2.24, 2.45) is 0 Å². The lowest BCUT2D eigenvalue weighted by molar-refractivity contribution is -0.167. The standard InChI is InChI=1S/C65H116O6/c1-4-7-10-13-16-19-22-25-28-30-32-34-37-39-42-45-48-51-54-57-63(66)69-60-62(71-65(68)59-56-53-50-47-44-41-36-27-24-21-18-15-12-9-6-3)61-70-64(67)58-55-52-49-46-43-40-38-35-33-31-29-26-23-20-17-14-11-8-5-2/h18,21,25-29,36,44,47,62H,4-17,19-20,22-24,30-35,37-43,45-46,48-61H2,1-3H3/b21-18-,28-25-,29-26-,36-27-,47-44-. The van der Waals surface area contributed by atoms with E-state index in [4.69, 9.17) is 14.2 Å². The van der Waals surface area contributed by atoms with Gasteiger partial charge >= 0.3 is 17.9 Å². The number of ether oxygens (including phenoxy) is 3. The average Bonchev–Trinajstić information content (AvgIpc) is 3.37. The fourth-order valence-corrected chi connectivity index (χ4v) is 8.79. The molecule has 412 valence electrons. The molecule has 6 heteroatoms. The molecule has 0 saturated heterocycles. The molecule has 0 fully saturated rings. The molecule has 0 radical (unpaired) electrons. The van der Waals surface area contributed by atoms with Gasteiger partial charge in [0.15, 0.2) is 6.10 Å². The smallest absolute Gasteiger partial charge is 0.306 e. The Labute approximate surface area is 440 Å². The van der Waals surface area contributed by atoms with Crippen LogP contribution in [0.2, 0.25) is 0 Å². The molecular weight excluding hydrogens is 877 g/mol. The molecule has 0 saturated carbocycles. The molecule has 0 aliphatic carbocycles. The Balaban J connectivity index is 4.38. The summed E-state index contributed by atoms with van der Waals surface area (Å²) in [5, 5.41) is 0. The number of carbonyl (C=O) groups is 3. The Morgan fingerprint density at radius 1 is 0.282 bits per heavy atom. The number of esters is 3. The van der Waals surface area contributed by atoms with E-state index in [1.807, 2.05) is 0 Å². The summed E-state index contributed by atoms with van der Waals surface area (Å²) in [5.41, 5.74) is 0. The highest BCUT2D eigenvalue weighted by Gasteiger charge is 2.19. The normalized spacial score (nSPS) is 12.1. The van der Waals surface area contributed by atoms with E-state index in [2.05, 4.69) is 81.5 Å². The van der Waals surface area contributed by atoms with Gasteiger partial charge in [-0.15, -0.1) is 0 Å². The van der Waals surface area contributed by atoms with Crippen LogP contribution in [-0.2, 0) is 28.6 Å². The van der Waals surface area contributed by atoms with E-state index in [0.717, 1.165) is 64.2 Å². The molecule has 71 heavy (non-hydrogen) atoms. The Bertz CT molecular complexity index is 1210. The monoisotopic (exact) mass is 993 g/mol. The minimum absolute atomic E-state index is 0.0897. The highest BCUT2D eigenvalue weighted by molar-refractivity contribution is 5.71. The minimum Gasteiger partial charge on any atom is -0.462 e. The number of rotatable bonds is 56. The quantitative estimate of drug-likeness (QED) is 0.0261. The van der Waals surface area contributed by atoms with Crippen LogP contribution < -0.4 is 0 Å². The maximum Gasteiger partial charge on any atom is 0.306 e. The topological polar surface area (TPSA) is 78.9 Å². The summed E-state index contributed by atoms with van der Waals surface area (Å²) in [6.45, 7) is 6.60. The van der Waals surface area contributed by atoms with Gasteiger partial charge in [-0.1, -0.05) is 248 Å². The molecule has 0 N–H and O–H groups in total. The first-order chi connectivity index (χ1) is 35.0. The highest BCUT2D eigenvalue weighted by atomic mass is 16.6. The molecule has 0 unspecified atom stereocenters. The lowest BCUT2D eigenvalue weighted by Gasteiger charge is -2.18. The summed E-state index contributed by atoms with van der Waals surface area (Å²) in [5.74, 6) is -0.918. The highest BCUT2D eigenvalue weighted by Crippen LogP contribution is 2.16. The van der Waals surface area contributed by atoms with Crippen molar-refractivity contribution in [2.45, 2.75) is 322 Å². The Morgan fingerprint density at radius 2 is 0.507 bits per heavy atom. The van der Waals surface area contributed by atoms with E-state index in [1.165, 1.54) is 205 Å². The maximum atomic E-state index is 12.9. The molecule has 0 aliphatic rings. The fraction of sp³-hybridized carbons (Fsp3) is 0.800. The number of hydrogen-bond acceptors (Lipinski definition) is 6. The fourth-order valence-electron chi connectivity index (χ4n) is 8.79. The molecule has 0 bridgehead atoms. The lowest BCUT2D eigenvalue weighted by atomic mass is 10.1. The number of unbranched alkanes of at least 4 members (excludes halogenated alkanes) is 35. The molecule has 0 aromatic carbocycles. The van der Waals surface area contributed by atoms with E-state index in [0.29, 0.717) is 19.3 Å². The predicted molar refractivity (Wildman–Crippen MR) is 307 cm³/mol. The largest absolute Gasteiger partial charge is 0.462 e. The summed E-state index contributed by atoms with van der Waals surface area (Å²) >= 11 is 0. The Kier molecular flexibility index (Phi) is 57.2. The molecule has 0 aliphatic heterocycles. The Morgan fingerprint density at radius 3 is 0.859 bits per heavy atom. The molecule has 0 amide bonds. The average molecular weight is 994 g/mol. The molecule has 6 nitrogen and oxygen atoms in total. The van der Waals surface area contributed by atoms with E-state index >= 15 is 0 Å². The summed E-state index contributed by atoms with van der Waals surface area (Å²) in [7, 11) is 0. The van der Waals surface area contributed by atoms with Gasteiger partial charge in [0, 0.05) is 19.3 Å². The van der Waals surface area contributed by atoms with Crippen LogP contribution in [0, 0.1) is 0 Å². The predicted octanol–water partition coefficient (Wildman–Crippen LogP) is 20.8. The van der Waals surface area contributed by atoms with Crippen LogP contribution in [0.1, 0.15) is 316 Å². The second-order valence-corrected chi connectivity index (χ2v) is 20.6. The molecule has 0 aromatic rings. The van der Waals surface area contributed by atoms with Crippen molar-refractivity contribution < 1.29 is 28.6 Å². The molecule has 0 atom stereocenters. The van der Waals surface area contributed by atoms with Crippen molar-refractivity contribution in [3.05, 3.63) is 60.8 Å². The van der Waals surface area contributed by atoms with Crippen LogP contribution in [0.15, 0.2) is 60.8 Å². The summed E-state index contributed by atoms with van der Waals surface area (Å²) in [6, 6.07) is 0. The summed E-state index contributed by atoms with van der Waals surface area (Å²) in [6.07, 6.45) is 75.0. The van der Waals surface area contributed by atoms with Gasteiger partial charge in [-0.2, -0.15) is 0 Å². The first kappa shape index (κ1) is 68.1. The van der Waals surface area contributed by atoms with Crippen molar-refractivity contribution in [1.82, 2.24) is 0 Å². The minimum atomic E-state index is -0.796. The number of carbonyl (C=O) groups excluding carboxylic acids is 3. The molecular formula is C65H116O6. The van der Waals surface area contributed by atoms with Gasteiger partial charge in [-0.3, -0.25) is 14.4 Å². The van der Waals surface area contributed by atoms with Gasteiger partial charge in [0.05, 0.1) is 0 Å². The van der Waals surface area contributed by atoms with Crippen LogP contribution in [-0.4, -0.2) is 37.2 Å². The lowest BCUT2D eigenvalue weighted by Crippen LogP contribution is -2.30. The van der Waals surface area contributed by atoms with E-state index < -0.39 is 6.10 Å². The van der Waals surface area contributed by atoms with E-state index in [1.54, 1.807) is 0 Å². The van der Waals surface area contributed by atoms with E-state index in [-0.39, 0.29) is 37.5 Å². The van der Waals surface area contributed by atoms with Gasteiger partial charge < -0.3 is 14.2 Å². The second-order valence-electron chi connectivity index (χ2n) is 20.6. The molecule has 0 aromatic heterocycles. The molecule has 0 rings (SSSR count). The van der Waals surface area contributed by atoms with E-state index in [9.17, 15) is 14.4 Å². The van der Waals surface area contributed by atoms with Gasteiger partial charge in [0.1, 0.15) is 13.2 Å². The first-order valence-corrected chi connectivity index (χ1v) is 30.8. The zero-order chi connectivity index (χ0) is 51.4. The number of hydrogen-bond donors (Lipinski definition) is 0. The van der Waals surface area contributed by atoms with Crippen molar-refractivity contribution >= 4 is 17.9 Å². The van der Waals surface area contributed by atoms with Crippen LogP contribution in [0.25, 0.3) is 0 Å². The van der Waals surface area contributed by atoms with Crippen molar-refractivity contribution in [3.63, 3.8) is 0 Å². The van der Waals surface area contributed by atoms with Crippen LogP contribution >= 0.6 is 0 Å². The first-order valence-electron chi connectivity index (χ1n) is 30.8. The molecule has 0 heterocycles. The maximum absolute atomic E-state index is 12.9. The zero-order valence-electron chi connectivity index (χ0n) is 47.2. The van der Waals surface area contributed by atoms with Gasteiger partial charge in [0.25, 0.3) is 0 Å². The third-order valence-corrected chi connectivity index (χ3v) is 13.5. The van der Waals surface area contributed by atoms with Crippen molar-refractivity contribution in [3.8, 4) is 0 Å². The summed E-state index contributed by atoms with van der Waals surface area (Å²) in [4.78, 5) is 38.2. The zero-order valence-corrected chi connectivity index (χ0v) is 47.2. The Hall–Kier alpha value is -2.89. The third kappa shape index (κ3) is 57.9. The SMILES string of the molecule is CCCCC/C=C\C/C=C\C/C=C\CCCCC(=O)OC(COC(=O)CCCCCCCCCCC/C=C\CCCCCCCC)COC(=O)CCCCCCCCCCC/C=C\CCCCCCCC. The van der Waals surface area contributed by atoms with Crippen LogP contribution in [0.5, 0.6) is 0 Å². The second kappa shape index (κ2) is 59.7. The summed E-state index contributed by atoms with van der Waals surface area (Å²) < 4.78 is 16.9. The van der Waals surface area contributed by atoms with Crippen LogP contribution in [0.3, 0.4) is 0 Å². The van der Waals surface area contributed by atoms with Gasteiger partial charge in [0.2, 0.25) is 0 Å². The van der Waals surface area contributed by atoms with Crippen LogP contribution in [0.4, 0.5) is 0 Å². The van der Waals surface area contributed by atoms with Crippen molar-refractivity contribution in [2.75, 3.05) is 13.2 Å². The molecule has 0 spiro atoms. The van der Waals surface area contributed by atoms with Gasteiger partial charge in [-0.05, 0) is 109 Å². The third-order valence-electron chi connectivity index (χ3n) is 13.5. The van der Waals surface area contributed by atoms with Gasteiger partial charge in [-0.25, -0.2) is 0 Å². The van der Waals surface area contributed by atoms with Crippen molar-refractivity contribution in [1.29, 1.82) is 0 Å². The number of allylic oxidation sites excluding steroid dienone is 10.